The normalized spacial score (nSPS) is 17.5. The number of carbonyl (C=O) groups excluding carboxylic acids is 2. The molecule has 4 atom stereocenters. The summed E-state index contributed by atoms with van der Waals surface area (Å²) in [5, 5.41) is 3.62. The van der Waals surface area contributed by atoms with Crippen LogP contribution in [0, 0.1) is 5.92 Å². The van der Waals surface area contributed by atoms with Crippen molar-refractivity contribution in [2.45, 2.75) is 65.5 Å². The van der Waals surface area contributed by atoms with Crippen LogP contribution in [0.5, 0.6) is 5.75 Å². The van der Waals surface area contributed by atoms with Gasteiger partial charge in [0.2, 0.25) is 11.9 Å². The maximum atomic E-state index is 14.1. The fourth-order valence-corrected chi connectivity index (χ4v) is 5.50. The number of anilines is 2. The van der Waals surface area contributed by atoms with E-state index in [2.05, 4.69) is 10.3 Å². The first-order valence-corrected chi connectivity index (χ1v) is 15.4. The Morgan fingerprint density at radius 3 is 2.24 bits per heavy atom. The fraction of sp³-hybridized carbons (Fsp3) is 0.324. The molecular formula is C34H36ClN5O6. The van der Waals surface area contributed by atoms with Crippen molar-refractivity contribution in [1.82, 2.24) is 19.0 Å². The second-order valence-electron chi connectivity index (χ2n) is 11.6. The summed E-state index contributed by atoms with van der Waals surface area (Å²) in [5.74, 6) is -0.827. The first-order chi connectivity index (χ1) is 21.9. The van der Waals surface area contributed by atoms with Crippen molar-refractivity contribution < 1.29 is 19.1 Å². The molecule has 46 heavy (non-hydrogen) atoms. The first kappa shape index (κ1) is 32.5. The van der Waals surface area contributed by atoms with Gasteiger partial charge in [0.25, 0.3) is 0 Å². The van der Waals surface area contributed by atoms with E-state index in [1.54, 1.807) is 69.3 Å². The molecule has 0 spiro atoms. The number of nitrogens with zero attached hydrogens (tertiary/aromatic N) is 4. The maximum Gasteiger partial charge on any atom is 0.417 e. The largest absolute Gasteiger partial charge is 0.491 e. The lowest BCUT2D eigenvalue weighted by molar-refractivity contribution is -0.134. The summed E-state index contributed by atoms with van der Waals surface area (Å²) in [7, 11) is 0. The molecule has 1 aliphatic rings. The lowest BCUT2D eigenvalue weighted by Gasteiger charge is -2.27. The maximum absolute atomic E-state index is 14.1. The Bertz CT molecular complexity index is 1820. The van der Waals surface area contributed by atoms with Gasteiger partial charge >= 0.3 is 17.5 Å². The van der Waals surface area contributed by atoms with Gasteiger partial charge in [0, 0.05) is 10.7 Å². The van der Waals surface area contributed by atoms with Crippen molar-refractivity contribution >= 4 is 35.2 Å². The zero-order valence-electron chi connectivity index (χ0n) is 26.2. The molecule has 1 aromatic heterocycles. The van der Waals surface area contributed by atoms with Gasteiger partial charge in [-0.05, 0) is 75.2 Å². The minimum atomic E-state index is -0.951. The van der Waals surface area contributed by atoms with E-state index in [9.17, 15) is 19.2 Å². The smallest absolute Gasteiger partial charge is 0.417 e. The molecular weight excluding hydrogens is 610 g/mol. The molecule has 1 fully saturated rings. The molecule has 0 radical (unpaired) electrons. The van der Waals surface area contributed by atoms with Crippen molar-refractivity contribution in [1.29, 1.82) is 0 Å². The van der Waals surface area contributed by atoms with E-state index >= 15 is 0 Å². The van der Waals surface area contributed by atoms with Crippen molar-refractivity contribution in [3.05, 3.63) is 116 Å². The molecule has 0 saturated carbocycles. The standard InChI is InChI=1S/C34H36ClN5O6/c1-20(2)45-28-17-15-27(16-18-28)36-31-37-32(42)40(33(43)38(31)19-24-11-13-26(35)14-12-24)22(4)21(3)30(41)39-23(5)29(46-34(39)44)25-9-7-6-8-10-25/h6-18,20-23,29H,19H2,1-5H3,(H,36,37,42)/t21-,22-,23-,29-/m1/s1. The van der Waals surface area contributed by atoms with Gasteiger partial charge in [-0.15, -0.1) is 0 Å². The monoisotopic (exact) mass is 645 g/mol. The molecule has 3 aromatic carbocycles. The van der Waals surface area contributed by atoms with Crippen molar-refractivity contribution in [3.8, 4) is 5.75 Å². The van der Waals surface area contributed by atoms with Crippen LogP contribution in [0.15, 0.2) is 88.5 Å². The minimum absolute atomic E-state index is 0.00139. The Kier molecular flexibility index (Phi) is 9.62. The van der Waals surface area contributed by atoms with Crippen LogP contribution < -0.4 is 21.4 Å². The highest BCUT2D eigenvalue weighted by Crippen LogP contribution is 2.34. The Balaban J connectivity index is 1.47. The molecule has 1 aliphatic heterocycles. The van der Waals surface area contributed by atoms with E-state index in [0.29, 0.717) is 16.5 Å². The van der Waals surface area contributed by atoms with Crippen molar-refractivity contribution in [2.24, 2.45) is 5.92 Å². The van der Waals surface area contributed by atoms with Crippen LogP contribution in [-0.4, -0.2) is 43.2 Å². The van der Waals surface area contributed by atoms with E-state index in [1.165, 1.54) is 4.57 Å². The number of hydrogen-bond acceptors (Lipinski definition) is 8. The molecule has 1 saturated heterocycles. The first-order valence-electron chi connectivity index (χ1n) is 15.0. The molecule has 11 nitrogen and oxygen atoms in total. The van der Waals surface area contributed by atoms with Gasteiger partial charge in [0.1, 0.15) is 11.9 Å². The number of imide groups is 1. The molecule has 240 valence electrons. The molecule has 0 aliphatic carbocycles. The van der Waals surface area contributed by atoms with E-state index < -0.39 is 47.5 Å². The fourth-order valence-electron chi connectivity index (χ4n) is 5.38. The molecule has 0 unspecified atom stereocenters. The molecule has 2 amide bonds. The summed E-state index contributed by atoms with van der Waals surface area (Å²) >= 11 is 6.08. The van der Waals surface area contributed by atoms with Crippen LogP contribution in [0.3, 0.4) is 0 Å². The van der Waals surface area contributed by atoms with E-state index in [0.717, 1.165) is 20.6 Å². The van der Waals surface area contributed by atoms with Crippen LogP contribution in [0.4, 0.5) is 16.4 Å². The lowest BCUT2D eigenvalue weighted by atomic mass is 9.99. The number of benzene rings is 3. The van der Waals surface area contributed by atoms with Gasteiger partial charge < -0.3 is 14.8 Å². The van der Waals surface area contributed by atoms with Crippen LogP contribution in [0.2, 0.25) is 5.02 Å². The van der Waals surface area contributed by atoms with Crippen LogP contribution >= 0.6 is 11.6 Å². The van der Waals surface area contributed by atoms with Gasteiger partial charge in [0.15, 0.2) is 0 Å². The van der Waals surface area contributed by atoms with E-state index in [1.807, 2.05) is 44.2 Å². The minimum Gasteiger partial charge on any atom is -0.491 e. The Morgan fingerprint density at radius 1 is 0.957 bits per heavy atom. The van der Waals surface area contributed by atoms with Crippen LogP contribution in [0.25, 0.3) is 0 Å². The molecule has 1 N–H and O–H groups in total. The second-order valence-corrected chi connectivity index (χ2v) is 12.0. The predicted molar refractivity (Wildman–Crippen MR) is 175 cm³/mol. The summed E-state index contributed by atoms with van der Waals surface area (Å²) in [6, 6.07) is 21.6. The summed E-state index contributed by atoms with van der Waals surface area (Å²) < 4.78 is 13.5. The van der Waals surface area contributed by atoms with Gasteiger partial charge in [-0.2, -0.15) is 4.98 Å². The molecule has 4 aromatic rings. The number of cyclic esters (lactones) is 1. The summed E-state index contributed by atoms with van der Waals surface area (Å²) in [6.07, 6.45) is -1.42. The third kappa shape index (κ3) is 6.84. The topological polar surface area (TPSA) is 125 Å². The van der Waals surface area contributed by atoms with E-state index in [-0.39, 0.29) is 18.6 Å². The highest BCUT2D eigenvalue weighted by Gasteiger charge is 2.45. The van der Waals surface area contributed by atoms with E-state index in [4.69, 9.17) is 21.1 Å². The average Bonchev–Trinajstić information content (AvgIpc) is 3.33. The molecule has 12 heteroatoms. The lowest BCUT2D eigenvalue weighted by Crippen LogP contribution is -2.49. The number of carbonyl (C=O) groups is 2. The quantitative estimate of drug-likeness (QED) is 0.225. The number of halogens is 1. The van der Waals surface area contributed by atoms with Crippen molar-refractivity contribution in [3.63, 3.8) is 0 Å². The SMILES string of the molecule is CC(C)Oc1ccc(Nc2nc(=O)n([C@H](C)[C@@H](C)C(=O)N3C(=O)O[C@@H](c4ccccc4)[C@H]3C)c(=O)n2Cc2ccc(Cl)cc2)cc1. The summed E-state index contributed by atoms with van der Waals surface area (Å²) in [4.78, 5) is 59.5. The zero-order chi connectivity index (χ0) is 33.1. The Morgan fingerprint density at radius 2 is 1.61 bits per heavy atom. The third-order valence-corrected chi connectivity index (χ3v) is 8.24. The molecule has 0 bridgehead atoms. The van der Waals surface area contributed by atoms with Crippen LogP contribution in [-0.2, 0) is 16.1 Å². The average molecular weight is 646 g/mol. The molecule has 5 rings (SSSR count). The van der Waals surface area contributed by atoms with Crippen LogP contribution in [0.1, 0.15) is 57.9 Å². The number of hydrogen-bond donors (Lipinski definition) is 1. The van der Waals surface area contributed by atoms with Gasteiger partial charge in [0.05, 0.1) is 30.7 Å². The number of ether oxygens (including phenoxy) is 2. The van der Waals surface area contributed by atoms with Gasteiger partial charge in [-0.25, -0.2) is 23.9 Å². The Hall–Kier alpha value is -4.90. The second kappa shape index (κ2) is 13.6. The van der Waals surface area contributed by atoms with Crippen molar-refractivity contribution in [2.75, 3.05) is 5.32 Å². The van der Waals surface area contributed by atoms with Gasteiger partial charge in [-0.1, -0.05) is 61.0 Å². The molecule has 2 heterocycles. The van der Waals surface area contributed by atoms with Gasteiger partial charge in [-0.3, -0.25) is 9.36 Å². The third-order valence-electron chi connectivity index (χ3n) is 7.99. The highest BCUT2D eigenvalue weighted by atomic mass is 35.5. The predicted octanol–water partition coefficient (Wildman–Crippen LogP) is 5.94. The zero-order valence-corrected chi connectivity index (χ0v) is 27.0. The Labute approximate surface area is 271 Å². The number of rotatable bonds is 10. The summed E-state index contributed by atoms with van der Waals surface area (Å²) in [5.41, 5.74) is 0.556. The highest BCUT2D eigenvalue weighted by molar-refractivity contribution is 6.30. The summed E-state index contributed by atoms with van der Waals surface area (Å²) in [6.45, 7) is 8.80. The number of amides is 2. The number of nitrogens with one attached hydrogen (secondary N) is 1. The number of aromatic nitrogens is 3.